The fourth-order valence-corrected chi connectivity index (χ4v) is 3.33. The second kappa shape index (κ2) is 6.34. The van der Waals surface area contributed by atoms with E-state index in [1.54, 1.807) is 5.38 Å². The number of ether oxygens (including phenoxy) is 1. The van der Waals surface area contributed by atoms with Gasteiger partial charge in [0.2, 0.25) is 0 Å². The van der Waals surface area contributed by atoms with Gasteiger partial charge in [0.15, 0.2) is 10.8 Å². The smallest absolute Gasteiger partial charge is 0.357 e. The quantitative estimate of drug-likeness (QED) is 0.792. The van der Waals surface area contributed by atoms with E-state index in [1.165, 1.54) is 18.4 Å². The summed E-state index contributed by atoms with van der Waals surface area (Å²) in [5, 5.41) is 2.71. The first-order valence-corrected chi connectivity index (χ1v) is 7.52. The van der Waals surface area contributed by atoms with Crippen molar-refractivity contribution < 1.29 is 9.53 Å². The van der Waals surface area contributed by atoms with E-state index in [2.05, 4.69) is 28.8 Å². The minimum atomic E-state index is -0.359. The van der Waals surface area contributed by atoms with Crippen LogP contribution in [0.15, 0.2) is 5.38 Å². The number of hydrogen-bond donors (Lipinski definition) is 0. The summed E-state index contributed by atoms with van der Waals surface area (Å²) >= 11 is 1.52. The van der Waals surface area contributed by atoms with Crippen LogP contribution in [0.4, 0.5) is 5.13 Å². The molecule has 0 bridgehead atoms. The Morgan fingerprint density at radius 1 is 1.58 bits per heavy atom. The third-order valence-corrected chi connectivity index (χ3v) is 4.38. The van der Waals surface area contributed by atoms with Crippen LogP contribution in [0.5, 0.6) is 0 Å². The van der Waals surface area contributed by atoms with Crippen LogP contribution in [0.3, 0.4) is 0 Å². The van der Waals surface area contributed by atoms with Gasteiger partial charge in [0.1, 0.15) is 0 Å². The molecule has 1 saturated heterocycles. The first-order valence-electron chi connectivity index (χ1n) is 6.64. The Morgan fingerprint density at radius 3 is 3.05 bits per heavy atom. The highest BCUT2D eigenvalue weighted by molar-refractivity contribution is 7.13. The maximum atomic E-state index is 11.5. The minimum absolute atomic E-state index is 0.359. The summed E-state index contributed by atoms with van der Waals surface area (Å²) in [6.07, 6.45) is 2.21. The van der Waals surface area contributed by atoms with Crippen molar-refractivity contribution in [2.75, 3.05) is 38.7 Å². The van der Waals surface area contributed by atoms with Crippen LogP contribution in [-0.4, -0.2) is 55.7 Å². The average molecular weight is 283 g/mol. The van der Waals surface area contributed by atoms with Crippen molar-refractivity contribution >= 4 is 22.4 Å². The molecule has 1 unspecified atom stereocenters. The van der Waals surface area contributed by atoms with E-state index in [1.807, 2.05) is 0 Å². The lowest BCUT2D eigenvalue weighted by molar-refractivity contribution is 0.0595. The van der Waals surface area contributed by atoms with E-state index in [0.29, 0.717) is 11.7 Å². The molecule has 0 aromatic carbocycles. The molecule has 0 spiro atoms. The fourth-order valence-electron chi connectivity index (χ4n) is 2.44. The zero-order chi connectivity index (χ0) is 13.8. The molecule has 0 N–H and O–H groups in total. The molecule has 1 aliphatic rings. The molecule has 106 valence electrons. The molecular formula is C13H21N3O2S. The Balaban J connectivity index is 2.18. The Kier molecular flexibility index (Phi) is 4.76. The maximum absolute atomic E-state index is 11.5. The molecule has 1 atom stereocenters. The van der Waals surface area contributed by atoms with Gasteiger partial charge in [-0.2, -0.15) is 0 Å². The summed E-state index contributed by atoms with van der Waals surface area (Å²) in [5.41, 5.74) is 0.412. The molecule has 1 aromatic heterocycles. The summed E-state index contributed by atoms with van der Waals surface area (Å²) in [6.45, 7) is 5.36. The Hall–Kier alpha value is -1.14. The molecule has 1 fully saturated rings. The number of carbonyl (C=O) groups is 1. The standard InChI is InChI=1S/C13H21N3O2S/c1-4-10-8-15(2)6-5-7-16(10)13-14-11(9-19-13)12(17)18-3/h9-10H,4-8H2,1-3H3. The van der Waals surface area contributed by atoms with Crippen molar-refractivity contribution in [3.8, 4) is 0 Å². The van der Waals surface area contributed by atoms with Gasteiger partial charge in [-0.25, -0.2) is 9.78 Å². The number of carbonyl (C=O) groups excluding carboxylic acids is 1. The first-order chi connectivity index (χ1) is 9.15. The van der Waals surface area contributed by atoms with Crippen molar-refractivity contribution in [2.24, 2.45) is 0 Å². The summed E-state index contributed by atoms with van der Waals surface area (Å²) in [5.74, 6) is -0.359. The van der Waals surface area contributed by atoms with Crippen LogP contribution in [-0.2, 0) is 4.74 Å². The number of likely N-dealkylation sites (N-methyl/N-ethyl adjacent to an activating group) is 1. The topological polar surface area (TPSA) is 45.7 Å². The van der Waals surface area contributed by atoms with Gasteiger partial charge < -0.3 is 14.5 Å². The molecule has 0 aliphatic carbocycles. The molecule has 0 saturated carbocycles. The summed E-state index contributed by atoms with van der Waals surface area (Å²) in [7, 11) is 3.55. The molecule has 1 aliphatic heterocycles. The number of esters is 1. The maximum Gasteiger partial charge on any atom is 0.357 e. The highest BCUT2D eigenvalue weighted by atomic mass is 32.1. The molecule has 19 heavy (non-hydrogen) atoms. The van der Waals surface area contributed by atoms with Crippen LogP contribution in [0.25, 0.3) is 0 Å². The van der Waals surface area contributed by atoms with E-state index in [-0.39, 0.29) is 5.97 Å². The van der Waals surface area contributed by atoms with Crippen LogP contribution in [0.2, 0.25) is 0 Å². The Morgan fingerprint density at radius 2 is 2.37 bits per heavy atom. The van der Waals surface area contributed by atoms with Gasteiger partial charge in [-0.3, -0.25) is 0 Å². The van der Waals surface area contributed by atoms with Crippen LogP contribution in [0.1, 0.15) is 30.3 Å². The fraction of sp³-hybridized carbons (Fsp3) is 0.692. The molecule has 2 heterocycles. The largest absolute Gasteiger partial charge is 0.464 e. The Labute approximate surface area is 118 Å². The van der Waals surface area contributed by atoms with Crippen LogP contribution in [0, 0.1) is 0 Å². The molecule has 1 aromatic rings. The summed E-state index contributed by atoms with van der Waals surface area (Å²) < 4.78 is 4.71. The predicted octanol–water partition coefficient (Wildman–Crippen LogP) is 1.85. The molecule has 0 radical (unpaired) electrons. The van der Waals surface area contributed by atoms with Gasteiger partial charge in [-0.05, 0) is 26.4 Å². The summed E-state index contributed by atoms with van der Waals surface area (Å²) in [6, 6.07) is 0.462. The normalized spacial score (nSPS) is 21.2. The average Bonchev–Trinajstić information content (AvgIpc) is 2.82. The van der Waals surface area contributed by atoms with Gasteiger partial charge in [0, 0.05) is 24.5 Å². The van der Waals surface area contributed by atoms with E-state index >= 15 is 0 Å². The van der Waals surface area contributed by atoms with Crippen molar-refractivity contribution in [1.29, 1.82) is 0 Å². The lowest BCUT2D eigenvalue weighted by Crippen LogP contribution is -2.39. The molecule has 2 rings (SSSR count). The zero-order valence-corrected chi connectivity index (χ0v) is 12.6. The molecule has 5 nitrogen and oxygen atoms in total. The zero-order valence-electron chi connectivity index (χ0n) is 11.8. The van der Waals surface area contributed by atoms with Crippen molar-refractivity contribution in [2.45, 2.75) is 25.8 Å². The molecule has 0 amide bonds. The number of thiazole rings is 1. The van der Waals surface area contributed by atoms with E-state index in [4.69, 9.17) is 4.74 Å². The second-order valence-electron chi connectivity index (χ2n) is 4.88. The highest BCUT2D eigenvalue weighted by Gasteiger charge is 2.25. The van der Waals surface area contributed by atoms with Gasteiger partial charge >= 0.3 is 5.97 Å². The number of anilines is 1. The molecule has 6 heteroatoms. The second-order valence-corrected chi connectivity index (χ2v) is 5.71. The number of rotatable bonds is 3. The number of hydrogen-bond acceptors (Lipinski definition) is 6. The van der Waals surface area contributed by atoms with E-state index in [9.17, 15) is 4.79 Å². The van der Waals surface area contributed by atoms with Gasteiger partial charge in [0.05, 0.1) is 7.11 Å². The predicted molar refractivity (Wildman–Crippen MR) is 77.0 cm³/mol. The molecular weight excluding hydrogens is 262 g/mol. The van der Waals surface area contributed by atoms with E-state index < -0.39 is 0 Å². The SMILES string of the molecule is CCC1CN(C)CCCN1c1nc(C(=O)OC)cs1. The monoisotopic (exact) mass is 283 g/mol. The Bertz CT molecular complexity index is 435. The van der Waals surface area contributed by atoms with Crippen molar-refractivity contribution in [3.63, 3.8) is 0 Å². The first kappa shape index (κ1) is 14.3. The van der Waals surface area contributed by atoms with Gasteiger partial charge in [-0.1, -0.05) is 6.92 Å². The third-order valence-electron chi connectivity index (χ3n) is 3.51. The minimum Gasteiger partial charge on any atom is -0.464 e. The van der Waals surface area contributed by atoms with Crippen LogP contribution < -0.4 is 4.90 Å². The van der Waals surface area contributed by atoms with Crippen molar-refractivity contribution in [1.82, 2.24) is 9.88 Å². The van der Waals surface area contributed by atoms with E-state index in [0.717, 1.165) is 37.6 Å². The van der Waals surface area contributed by atoms with Gasteiger partial charge in [0.25, 0.3) is 0 Å². The van der Waals surface area contributed by atoms with Gasteiger partial charge in [-0.15, -0.1) is 11.3 Å². The van der Waals surface area contributed by atoms with Crippen LogP contribution >= 0.6 is 11.3 Å². The third kappa shape index (κ3) is 3.25. The lowest BCUT2D eigenvalue weighted by atomic mass is 10.2. The lowest BCUT2D eigenvalue weighted by Gasteiger charge is -2.29. The number of aromatic nitrogens is 1. The highest BCUT2D eigenvalue weighted by Crippen LogP contribution is 2.26. The van der Waals surface area contributed by atoms with Crippen molar-refractivity contribution in [3.05, 3.63) is 11.1 Å². The number of methoxy groups -OCH3 is 1. The summed E-state index contributed by atoms with van der Waals surface area (Å²) in [4.78, 5) is 20.6. The number of nitrogens with zero attached hydrogens (tertiary/aromatic N) is 3.